The fraction of sp³-hybridized carbons (Fsp3) is 0.933. The predicted octanol–water partition coefficient (Wildman–Crippen LogP) is 2.46. The highest BCUT2D eigenvalue weighted by Gasteiger charge is 2.38. The molecule has 19 heavy (non-hydrogen) atoms. The number of nitrogens with zero attached hydrogens (tertiary/aromatic N) is 2. The first-order chi connectivity index (χ1) is 9.15. The zero-order valence-electron chi connectivity index (χ0n) is 12.3. The highest BCUT2D eigenvalue weighted by atomic mass is 16.3. The molecule has 2 rings (SSSR count). The van der Waals surface area contributed by atoms with Crippen LogP contribution >= 0.6 is 0 Å². The largest absolute Gasteiger partial charge is 0.393 e. The van der Waals surface area contributed by atoms with Gasteiger partial charge in [-0.15, -0.1) is 0 Å². The molecule has 1 saturated heterocycles. The number of rotatable bonds is 2. The molecular formula is C15H28N2O2. The zero-order chi connectivity index (χ0) is 13.8. The quantitative estimate of drug-likeness (QED) is 0.836. The van der Waals surface area contributed by atoms with Gasteiger partial charge in [-0.25, -0.2) is 4.79 Å². The van der Waals surface area contributed by atoms with Crippen molar-refractivity contribution in [1.82, 2.24) is 9.80 Å². The van der Waals surface area contributed by atoms with E-state index >= 15 is 0 Å². The van der Waals surface area contributed by atoms with Crippen LogP contribution in [0.1, 0.15) is 51.9 Å². The van der Waals surface area contributed by atoms with Crippen LogP contribution in [0.5, 0.6) is 0 Å². The van der Waals surface area contributed by atoms with Crippen molar-refractivity contribution >= 4 is 6.03 Å². The molecule has 4 heteroatoms. The Morgan fingerprint density at radius 2 is 1.89 bits per heavy atom. The fourth-order valence-corrected chi connectivity index (χ4v) is 3.58. The molecule has 2 aliphatic rings. The first-order valence-corrected chi connectivity index (χ1v) is 7.85. The van der Waals surface area contributed by atoms with Crippen molar-refractivity contribution in [2.75, 3.05) is 20.1 Å². The molecule has 110 valence electrons. The minimum Gasteiger partial charge on any atom is -0.393 e. The maximum atomic E-state index is 12.5. The van der Waals surface area contributed by atoms with Crippen LogP contribution in [0.3, 0.4) is 0 Å². The molecule has 2 fully saturated rings. The molecule has 1 aliphatic heterocycles. The van der Waals surface area contributed by atoms with Crippen LogP contribution in [0.25, 0.3) is 0 Å². The first kappa shape index (κ1) is 14.6. The Labute approximate surface area is 116 Å². The summed E-state index contributed by atoms with van der Waals surface area (Å²) in [5.74, 6) is 0.295. The van der Waals surface area contributed by atoms with E-state index in [1.54, 1.807) is 4.90 Å². The number of aliphatic hydroxyl groups is 1. The summed E-state index contributed by atoms with van der Waals surface area (Å²) in [4.78, 5) is 16.3. The van der Waals surface area contributed by atoms with Crippen LogP contribution in [-0.4, -0.2) is 53.2 Å². The van der Waals surface area contributed by atoms with Crippen molar-refractivity contribution in [3.05, 3.63) is 0 Å². The van der Waals surface area contributed by atoms with E-state index in [0.717, 1.165) is 45.2 Å². The number of carbonyl (C=O) groups excluding carboxylic acids is 1. The normalized spacial score (nSPS) is 32.2. The first-order valence-electron chi connectivity index (χ1n) is 7.85. The van der Waals surface area contributed by atoms with Gasteiger partial charge in [-0.1, -0.05) is 12.8 Å². The van der Waals surface area contributed by atoms with Gasteiger partial charge in [0, 0.05) is 32.1 Å². The summed E-state index contributed by atoms with van der Waals surface area (Å²) in [6, 6.07) is 0.399. The number of carbonyl (C=O) groups is 1. The molecule has 4 nitrogen and oxygen atoms in total. The third-order valence-corrected chi connectivity index (χ3v) is 4.87. The minimum atomic E-state index is -0.209. The Balaban J connectivity index is 2.08. The van der Waals surface area contributed by atoms with Gasteiger partial charge in [0.1, 0.15) is 0 Å². The molecule has 0 bridgehead atoms. The van der Waals surface area contributed by atoms with Gasteiger partial charge >= 0.3 is 6.03 Å². The van der Waals surface area contributed by atoms with Crippen LogP contribution in [0.2, 0.25) is 0 Å². The van der Waals surface area contributed by atoms with Crippen molar-refractivity contribution in [2.24, 2.45) is 5.92 Å². The highest BCUT2D eigenvalue weighted by molar-refractivity contribution is 5.74. The average Bonchev–Trinajstić information content (AvgIpc) is 2.46. The third-order valence-electron chi connectivity index (χ3n) is 4.87. The van der Waals surface area contributed by atoms with Crippen molar-refractivity contribution in [3.8, 4) is 0 Å². The number of piperidine rings is 1. The lowest BCUT2D eigenvalue weighted by molar-refractivity contribution is 0.00403. The van der Waals surface area contributed by atoms with Gasteiger partial charge in [-0.3, -0.25) is 0 Å². The standard InChI is InChI=1S/C15H28N2O2/c1-3-16(2)15(19)17-11-7-6-9-13(17)12-8-4-5-10-14(12)18/h12-14,18H,3-11H2,1-2H3. The molecule has 1 saturated carbocycles. The van der Waals surface area contributed by atoms with Gasteiger partial charge in [-0.05, 0) is 39.0 Å². The molecule has 0 aromatic heterocycles. The lowest BCUT2D eigenvalue weighted by Crippen LogP contribution is -2.54. The van der Waals surface area contributed by atoms with Crippen LogP contribution in [-0.2, 0) is 0 Å². The molecule has 3 unspecified atom stereocenters. The molecule has 0 radical (unpaired) electrons. The molecule has 1 aliphatic carbocycles. The summed E-state index contributed by atoms with van der Waals surface area (Å²) < 4.78 is 0. The number of likely N-dealkylation sites (tertiary alicyclic amines) is 1. The fourth-order valence-electron chi connectivity index (χ4n) is 3.58. The smallest absolute Gasteiger partial charge is 0.319 e. The molecular weight excluding hydrogens is 240 g/mol. The lowest BCUT2D eigenvalue weighted by Gasteiger charge is -2.44. The maximum Gasteiger partial charge on any atom is 0.319 e. The van der Waals surface area contributed by atoms with E-state index in [0.29, 0.717) is 5.92 Å². The molecule has 1 heterocycles. The SMILES string of the molecule is CCN(C)C(=O)N1CCCCC1C1CCCCC1O. The van der Waals surface area contributed by atoms with Crippen LogP contribution in [0.15, 0.2) is 0 Å². The third kappa shape index (κ3) is 3.22. The summed E-state index contributed by atoms with van der Waals surface area (Å²) in [6.07, 6.45) is 7.45. The summed E-state index contributed by atoms with van der Waals surface area (Å²) in [6.45, 7) is 3.61. The van der Waals surface area contributed by atoms with Crippen LogP contribution < -0.4 is 0 Å². The number of aliphatic hydroxyl groups excluding tert-OH is 1. The molecule has 1 N–H and O–H groups in total. The van der Waals surface area contributed by atoms with Crippen LogP contribution in [0, 0.1) is 5.92 Å². The van der Waals surface area contributed by atoms with E-state index in [1.165, 1.54) is 12.8 Å². The Morgan fingerprint density at radius 1 is 1.21 bits per heavy atom. The van der Waals surface area contributed by atoms with E-state index in [4.69, 9.17) is 0 Å². The van der Waals surface area contributed by atoms with Crippen molar-refractivity contribution < 1.29 is 9.90 Å². The summed E-state index contributed by atoms with van der Waals surface area (Å²) in [7, 11) is 1.87. The van der Waals surface area contributed by atoms with Gasteiger partial charge < -0.3 is 14.9 Å². The molecule has 3 atom stereocenters. The van der Waals surface area contributed by atoms with Gasteiger partial charge in [0.2, 0.25) is 0 Å². The predicted molar refractivity (Wildman–Crippen MR) is 76.0 cm³/mol. The van der Waals surface area contributed by atoms with E-state index in [-0.39, 0.29) is 18.2 Å². The molecule has 2 amide bonds. The van der Waals surface area contributed by atoms with Gasteiger partial charge in [0.15, 0.2) is 0 Å². The second-order valence-corrected chi connectivity index (χ2v) is 6.07. The zero-order valence-corrected chi connectivity index (χ0v) is 12.3. The number of urea groups is 1. The van der Waals surface area contributed by atoms with E-state index in [1.807, 2.05) is 18.9 Å². The van der Waals surface area contributed by atoms with E-state index in [2.05, 4.69) is 0 Å². The van der Waals surface area contributed by atoms with E-state index in [9.17, 15) is 9.90 Å². The Kier molecular flexibility index (Phi) is 5.08. The average molecular weight is 268 g/mol. The number of hydrogen-bond donors (Lipinski definition) is 1. The highest BCUT2D eigenvalue weighted by Crippen LogP contribution is 2.34. The Morgan fingerprint density at radius 3 is 2.58 bits per heavy atom. The second-order valence-electron chi connectivity index (χ2n) is 6.07. The second kappa shape index (κ2) is 6.60. The van der Waals surface area contributed by atoms with Crippen LogP contribution in [0.4, 0.5) is 4.79 Å². The van der Waals surface area contributed by atoms with Crippen molar-refractivity contribution in [2.45, 2.75) is 64.0 Å². The molecule has 0 spiro atoms. The topological polar surface area (TPSA) is 43.8 Å². The summed E-state index contributed by atoms with van der Waals surface area (Å²) >= 11 is 0. The Hall–Kier alpha value is -0.770. The maximum absolute atomic E-state index is 12.5. The van der Waals surface area contributed by atoms with Crippen molar-refractivity contribution in [1.29, 1.82) is 0 Å². The number of amides is 2. The summed E-state index contributed by atoms with van der Waals surface area (Å²) in [5, 5.41) is 10.3. The monoisotopic (exact) mass is 268 g/mol. The molecule has 0 aromatic carbocycles. The van der Waals surface area contributed by atoms with E-state index < -0.39 is 0 Å². The van der Waals surface area contributed by atoms with Gasteiger partial charge in [0.25, 0.3) is 0 Å². The van der Waals surface area contributed by atoms with Crippen molar-refractivity contribution in [3.63, 3.8) is 0 Å². The summed E-state index contributed by atoms with van der Waals surface area (Å²) in [5.41, 5.74) is 0. The van der Waals surface area contributed by atoms with Gasteiger partial charge in [0.05, 0.1) is 6.10 Å². The minimum absolute atomic E-state index is 0.143. The lowest BCUT2D eigenvalue weighted by atomic mass is 9.78. The molecule has 0 aromatic rings. The Bertz CT molecular complexity index is 309. The van der Waals surface area contributed by atoms with Gasteiger partial charge in [-0.2, -0.15) is 0 Å². The number of hydrogen-bond acceptors (Lipinski definition) is 2.